The molecule has 1 aromatic rings. The van der Waals surface area contributed by atoms with Crippen LogP contribution in [0.1, 0.15) is 22.5 Å². The minimum atomic E-state index is 0.0709. The van der Waals surface area contributed by atoms with E-state index < -0.39 is 0 Å². The summed E-state index contributed by atoms with van der Waals surface area (Å²) in [6, 6.07) is 5.56. The molecule has 0 aliphatic rings. The van der Waals surface area contributed by atoms with Gasteiger partial charge in [0.05, 0.1) is 10.9 Å². The molecular formula is C8H7NOS. The monoisotopic (exact) mass is 165 g/mol. The van der Waals surface area contributed by atoms with Crippen molar-refractivity contribution < 1.29 is 4.79 Å². The maximum absolute atomic E-state index is 11.1. The van der Waals surface area contributed by atoms with Gasteiger partial charge in [0.25, 0.3) is 0 Å². The van der Waals surface area contributed by atoms with E-state index in [1.807, 2.05) is 17.5 Å². The third-order valence-corrected chi connectivity index (χ3v) is 2.17. The van der Waals surface area contributed by atoms with Crippen LogP contribution in [0, 0.1) is 11.3 Å². The highest BCUT2D eigenvalue weighted by Crippen LogP contribution is 2.11. The molecule has 0 aliphatic heterocycles. The first-order valence-corrected chi connectivity index (χ1v) is 4.16. The fourth-order valence-corrected chi connectivity index (χ4v) is 1.42. The first-order valence-electron chi connectivity index (χ1n) is 3.28. The summed E-state index contributed by atoms with van der Waals surface area (Å²) in [4.78, 5) is 11.9. The van der Waals surface area contributed by atoms with Crippen molar-refractivity contribution in [3.8, 4) is 6.07 Å². The minimum absolute atomic E-state index is 0.0709. The van der Waals surface area contributed by atoms with Gasteiger partial charge in [0.15, 0.2) is 5.78 Å². The van der Waals surface area contributed by atoms with Gasteiger partial charge in [0.1, 0.15) is 0 Å². The molecule has 1 aromatic heterocycles. The lowest BCUT2D eigenvalue weighted by Crippen LogP contribution is -1.93. The van der Waals surface area contributed by atoms with Gasteiger partial charge in [-0.15, -0.1) is 11.3 Å². The average Bonchev–Trinajstić information content (AvgIpc) is 2.52. The van der Waals surface area contributed by atoms with Gasteiger partial charge in [-0.05, 0) is 11.4 Å². The summed E-state index contributed by atoms with van der Waals surface area (Å²) >= 11 is 1.42. The van der Waals surface area contributed by atoms with Crippen LogP contribution in [0.3, 0.4) is 0 Å². The molecule has 2 nitrogen and oxygen atoms in total. The molecule has 1 heterocycles. The van der Waals surface area contributed by atoms with Gasteiger partial charge in [0.2, 0.25) is 0 Å². The molecule has 0 radical (unpaired) electrons. The van der Waals surface area contributed by atoms with Crippen molar-refractivity contribution in [2.75, 3.05) is 0 Å². The van der Waals surface area contributed by atoms with Crippen molar-refractivity contribution in [3.05, 3.63) is 22.4 Å². The van der Waals surface area contributed by atoms with Crippen molar-refractivity contribution in [2.45, 2.75) is 12.8 Å². The van der Waals surface area contributed by atoms with E-state index in [0.717, 1.165) is 4.88 Å². The minimum Gasteiger partial charge on any atom is -0.293 e. The second-order valence-corrected chi connectivity index (χ2v) is 3.01. The van der Waals surface area contributed by atoms with Crippen LogP contribution in [-0.2, 0) is 0 Å². The largest absolute Gasteiger partial charge is 0.293 e. The Morgan fingerprint density at radius 3 is 3.09 bits per heavy atom. The fourth-order valence-electron chi connectivity index (χ4n) is 0.730. The topological polar surface area (TPSA) is 40.9 Å². The van der Waals surface area contributed by atoms with Crippen LogP contribution >= 0.6 is 11.3 Å². The van der Waals surface area contributed by atoms with E-state index in [-0.39, 0.29) is 5.78 Å². The number of hydrogen-bond donors (Lipinski definition) is 0. The predicted molar refractivity (Wildman–Crippen MR) is 43.5 cm³/mol. The van der Waals surface area contributed by atoms with E-state index in [0.29, 0.717) is 12.8 Å². The van der Waals surface area contributed by atoms with Crippen molar-refractivity contribution >= 4 is 17.1 Å². The highest BCUT2D eigenvalue weighted by Gasteiger charge is 2.04. The summed E-state index contributed by atoms with van der Waals surface area (Å²) in [6.45, 7) is 0. The van der Waals surface area contributed by atoms with Crippen molar-refractivity contribution in [2.24, 2.45) is 0 Å². The van der Waals surface area contributed by atoms with Crippen LogP contribution in [0.5, 0.6) is 0 Å². The maximum Gasteiger partial charge on any atom is 0.173 e. The second-order valence-electron chi connectivity index (χ2n) is 2.06. The molecule has 0 N–H and O–H groups in total. The zero-order chi connectivity index (χ0) is 8.10. The van der Waals surface area contributed by atoms with Crippen molar-refractivity contribution in [1.82, 2.24) is 0 Å². The lowest BCUT2D eigenvalue weighted by atomic mass is 10.2. The molecule has 3 heteroatoms. The van der Waals surface area contributed by atoms with Crippen LogP contribution in [0.25, 0.3) is 0 Å². The maximum atomic E-state index is 11.1. The van der Waals surface area contributed by atoms with Gasteiger partial charge in [0, 0.05) is 12.8 Å². The van der Waals surface area contributed by atoms with Crippen LogP contribution in [-0.4, -0.2) is 5.78 Å². The predicted octanol–water partition coefficient (Wildman–Crippen LogP) is 2.23. The highest BCUT2D eigenvalue weighted by atomic mass is 32.1. The molecule has 0 aromatic carbocycles. The van der Waals surface area contributed by atoms with Crippen LogP contribution < -0.4 is 0 Å². The van der Waals surface area contributed by atoms with Gasteiger partial charge < -0.3 is 0 Å². The number of Topliss-reactive ketones (excluding diaryl/α,β-unsaturated/α-hetero) is 1. The summed E-state index contributed by atoms with van der Waals surface area (Å²) in [6.07, 6.45) is 0.660. The SMILES string of the molecule is N#CCCC(=O)c1cccs1. The number of nitrogens with zero attached hydrogens (tertiary/aromatic N) is 1. The van der Waals surface area contributed by atoms with Crippen LogP contribution in [0.15, 0.2) is 17.5 Å². The van der Waals surface area contributed by atoms with Gasteiger partial charge >= 0.3 is 0 Å². The molecule has 0 amide bonds. The molecule has 0 atom stereocenters. The Labute approximate surface area is 69.1 Å². The third-order valence-electron chi connectivity index (χ3n) is 1.26. The number of hydrogen-bond acceptors (Lipinski definition) is 3. The van der Waals surface area contributed by atoms with Gasteiger partial charge in [-0.2, -0.15) is 5.26 Å². The van der Waals surface area contributed by atoms with E-state index in [4.69, 9.17) is 5.26 Å². The quantitative estimate of drug-likeness (QED) is 0.644. The first-order chi connectivity index (χ1) is 5.34. The molecule has 0 saturated carbocycles. The third kappa shape index (κ3) is 2.17. The first kappa shape index (κ1) is 7.96. The average molecular weight is 165 g/mol. The Hall–Kier alpha value is -1.14. The van der Waals surface area contributed by atoms with E-state index in [1.165, 1.54) is 11.3 Å². The summed E-state index contributed by atoms with van der Waals surface area (Å²) in [5, 5.41) is 10.1. The number of carbonyl (C=O) groups excluding carboxylic acids is 1. The van der Waals surface area contributed by atoms with E-state index >= 15 is 0 Å². The molecule has 56 valence electrons. The molecule has 0 saturated heterocycles. The fraction of sp³-hybridized carbons (Fsp3) is 0.250. The summed E-state index contributed by atoms with van der Waals surface area (Å²) in [7, 11) is 0. The van der Waals surface area contributed by atoms with Gasteiger partial charge in [-0.3, -0.25) is 4.79 Å². The molecule has 11 heavy (non-hydrogen) atoms. The number of carbonyl (C=O) groups is 1. The standard InChI is InChI=1S/C8H7NOS/c9-5-1-3-7(10)8-4-2-6-11-8/h2,4,6H,1,3H2. The Bertz CT molecular complexity index is 271. The Balaban J connectivity index is 2.51. The van der Waals surface area contributed by atoms with E-state index in [1.54, 1.807) is 6.07 Å². The Morgan fingerprint density at radius 2 is 2.55 bits per heavy atom. The molecule has 0 unspecified atom stereocenters. The van der Waals surface area contributed by atoms with Crippen LogP contribution in [0.4, 0.5) is 0 Å². The van der Waals surface area contributed by atoms with Crippen LogP contribution in [0.2, 0.25) is 0 Å². The Morgan fingerprint density at radius 1 is 1.73 bits per heavy atom. The summed E-state index contributed by atoms with van der Waals surface area (Å²) < 4.78 is 0. The smallest absolute Gasteiger partial charge is 0.173 e. The lowest BCUT2D eigenvalue weighted by Gasteiger charge is -1.89. The van der Waals surface area contributed by atoms with Crippen molar-refractivity contribution in [3.63, 3.8) is 0 Å². The molecule has 0 aliphatic carbocycles. The molecule has 0 bridgehead atoms. The number of nitriles is 1. The number of thiophene rings is 1. The molecular weight excluding hydrogens is 158 g/mol. The van der Waals surface area contributed by atoms with E-state index in [2.05, 4.69) is 0 Å². The van der Waals surface area contributed by atoms with Gasteiger partial charge in [-0.25, -0.2) is 0 Å². The highest BCUT2D eigenvalue weighted by molar-refractivity contribution is 7.12. The Kier molecular flexibility index (Phi) is 2.82. The molecule has 0 fully saturated rings. The van der Waals surface area contributed by atoms with Gasteiger partial charge in [-0.1, -0.05) is 6.07 Å². The zero-order valence-electron chi connectivity index (χ0n) is 5.91. The number of rotatable bonds is 3. The normalized spacial score (nSPS) is 9.00. The molecule has 0 spiro atoms. The molecule has 1 rings (SSSR count). The van der Waals surface area contributed by atoms with Crippen molar-refractivity contribution in [1.29, 1.82) is 5.26 Å². The lowest BCUT2D eigenvalue weighted by molar-refractivity contribution is 0.0988. The summed E-state index contributed by atoms with van der Waals surface area (Å²) in [5.74, 6) is 0.0709. The zero-order valence-corrected chi connectivity index (χ0v) is 6.73. The number of ketones is 1. The second kappa shape index (κ2) is 3.89. The summed E-state index contributed by atoms with van der Waals surface area (Å²) in [5.41, 5.74) is 0. The van der Waals surface area contributed by atoms with E-state index in [9.17, 15) is 4.79 Å².